The summed E-state index contributed by atoms with van der Waals surface area (Å²) in [6.45, 7) is 2.22. The maximum Gasteiger partial charge on any atom is 0.339 e. The van der Waals surface area contributed by atoms with E-state index in [-0.39, 0.29) is 11.7 Å². The lowest BCUT2D eigenvalue weighted by Gasteiger charge is -2.27. The summed E-state index contributed by atoms with van der Waals surface area (Å²) in [6, 6.07) is 6.86. The number of ether oxygens (including phenoxy) is 1. The molecule has 0 amide bonds. The van der Waals surface area contributed by atoms with E-state index in [9.17, 15) is 4.79 Å². The van der Waals surface area contributed by atoms with Crippen molar-refractivity contribution in [3.63, 3.8) is 0 Å². The Hall–Kier alpha value is -1.51. The molecule has 1 aliphatic rings. The van der Waals surface area contributed by atoms with Crippen molar-refractivity contribution in [3.8, 4) is 5.75 Å². The lowest BCUT2D eigenvalue weighted by Crippen LogP contribution is -2.24. The van der Waals surface area contributed by atoms with Crippen LogP contribution in [-0.2, 0) is 0 Å². The lowest BCUT2D eigenvalue weighted by molar-refractivity contribution is 0.0683. The molecule has 2 unspecified atom stereocenters. The van der Waals surface area contributed by atoms with Gasteiger partial charge in [-0.2, -0.15) is 0 Å². The molecule has 1 aromatic rings. The molecule has 0 radical (unpaired) electrons. The summed E-state index contributed by atoms with van der Waals surface area (Å²) in [5.74, 6) is 0.245. The average molecular weight is 234 g/mol. The number of para-hydroxylation sites is 1. The number of benzene rings is 1. The van der Waals surface area contributed by atoms with Crippen LogP contribution in [-0.4, -0.2) is 17.2 Å². The van der Waals surface area contributed by atoms with Gasteiger partial charge in [-0.25, -0.2) is 4.79 Å². The molecule has 1 aromatic carbocycles. The van der Waals surface area contributed by atoms with Gasteiger partial charge in [-0.05, 0) is 37.3 Å². The van der Waals surface area contributed by atoms with E-state index in [2.05, 4.69) is 6.92 Å². The van der Waals surface area contributed by atoms with Crippen LogP contribution in [0.1, 0.15) is 43.0 Å². The highest BCUT2D eigenvalue weighted by Crippen LogP contribution is 2.28. The van der Waals surface area contributed by atoms with E-state index in [1.165, 1.54) is 12.8 Å². The molecule has 3 heteroatoms. The molecule has 1 aliphatic carbocycles. The van der Waals surface area contributed by atoms with Gasteiger partial charge >= 0.3 is 5.97 Å². The van der Waals surface area contributed by atoms with Crippen molar-refractivity contribution in [2.45, 2.75) is 38.7 Å². The first kappa shape index (κ1) is 12.0. The average Bonchev–Trinajstić information content (AvgIpc) is 2.29. The molecule has 0 aromatic heterocycles. The highest BCUT2D eigenvalue weighted by atomic mass is 16.5. The van der Waals surface area contributed by atoms with E-state index in [0.29, 0.717) is 11.7 Å². The Bertz CT molecular complexity index is 400. The number of rotatable bonds is 3. The molecule has 0 spiro atoms. The van der Waals surface area contributed by atoms with Crippen LogP contribution in [0, 0.1) is 5.92 Å². The van der Waals surface area contributed by atoms with Crippen molar-refractivity contribution in [2.75, 3.05) is 0 Å². The molecule has 2 atom stereocenters. The van der Waals surface area contributed by atoms with E-state index in [0.717, 1.165) is 12.8 Å². The molecule has 3 nitrogen and oxygen atoms in total. The second kappa shape index (κ2) is 5.21. The smallest absolute Gasteiger partial charge is 0.339 e. The van der Waals surface area contributed by atoms with E-state index in [4.69, 9.17) is 9.84 Å². The van der Waals surface area contributed by atoms with Gasteiger partial charge in [-0.3, -0.25) is 0 Å². The lowest BCUT2D eigenvalue weighted by atomic mass is 9.88. The molecular formula is C14H18O3. The number of carbonyl (C=O) groups is 1. The number of carboxylic acid groups (broad SMARTS) is 1. The minimum absolute atomic E-state index is 0.166. The van der Waals surface area contributed by atoms with E-state index < -0.39 is 5.97 Å². The Labute approximate surface area is 101 Å². The van der Waals surface area contributed by atoms with Gasteiger partial charge in [-0.15, -0.1) is 0 Å². The van der Waals surface area contributed by atoms with Gasteiger partial charge in [0.25, 0.3) is 0 Å². The van der Waals surface area contributed by atoms with E-state index in [1.54, 1.807) is 18.2 Å². The summed E-state index contributed by atoms with van der Waals surface area (Å²) >= 11 is 0. The Morgan fingerprint density at radius 1 is 1.35 bits per heavy atom. The van der Waals surface area contributed by atoms with Crippen molar-refractivity contribution in [1.82, 2.24) is 0 Å². The van der Waals surface area contributed by atoms with Gasteiger partial charge in [0, 0.05) is 0 Å². The van der Waals surface area contributed by atoms with Crippen LogP contribution in [0.15, 0.2) is 24.3 Å². The topological polar surface area (TPSA) is 46.5 Å². The fourth-order valence-electron chi connectivity index (χ4n) is 2.41. The van der Waals surface area contributed by atoms with Crippen LogP contribution in [0.25, 0.3) is 0 Å². The standard InChI is InChI=1S/C14H18O3/c1-10-5-4-6-11(9-10)17-13-8-3-2-7-12(13)14(15)16/h2-3,7-8,10-11H,4-6,9H2,1H3,(H,15,16). The molecular weight excluding hydrogens is 216 g/mol. The largest absolute Gasteiger partial charge is 0.490 e. The number of aromatic carboxylic acids is 1. The van der Waals surface area contributed by atoms with Crippen molar-refractivity contribution >= 4 is 5.97 Å². The third kappa shape index (κ3) is 2.99. The maximum absolute atomic E-state index is 11.0. The van der Waals surface area contributed by atoms with E-state index >= 15 is 0 Å². The number of carboxylic acids is 1. The minimum atomic E-state index is -0.926. The monoisotopic (exact) mass is 234 g/mol. The van der Waals surface area contributed by atoms with E-state index in [1.807, 2.05) is 6.07 Å². The molecule has 92 valence electrons. The third-order valence-electron chi connectivity index (χ3n) is 3.30. The zero-order valence-electron chi connectivity index (χ0n) is 10.1. The molecule has 1 saturated carbocycles. The second-order valence-corrected chi connectivity index (χ2v) is 4.81. The predicted molar refractivity (Wildman–Crippen MR) is 65.4 cm³/mol. The normalized spacial score (nSPS) is 24.3. The van der Waals surface area contributed by atoms with Crippen LogP contribution in [0.2, 0.25) is 0 Å². The zero-order chi connectivity index (χ0) is 12.3. The summed E-state index contributed by atoms with van der Waals surface area (Å²) in [7, 11) is 0. The van der Waals surface area contributed by atoms with Crippen LogP contribution in [0.4, 0.5) is 0 Å². The van der Waals surface area contributed by atoms with Gasteiger partial charge in [0.05, 0.1) is 6.10 Å². The summed E-state index contributed by atoms with van der Waals surface area (Å²) < 4.78 is 5.84. The van der Waals surface area contributed by atoms with Crippen LogP contribution < -0.4 is 4.74 Å². The van der Waals surface area contributed by atoms with Crippen LogP contribution in [0.3, 0.4) is 0 Å². The fourth-order valence-corrected chi connectivity index (χ4v) is 2.41. The highest BCUT2D eigenvalue weighted by Gasteiger charge is 2.22. The molecule has 0 bridgehead atoms. The molecule has 0 saturated heterocycles. The van der Waals surface area contributed by atoms with Crippen LogP contribution >= 0.6 is 0 Å². The molecule has 0 heterocycles. The Morgan fingerprint density at radius 2 is 2.12 bits per heavy atom. The van der Waals surface area contributed by atoms with Gasteiger partial charge in [0.2, 0.25) is 0 Å². The van der Waals surface area contributed by atoms with Gasteiger partial charge in [0.15, 0.2) is 0 Å². The second-order valence-electron chi connectivity index (χ2n) is 4.81. The van der Waals surface area contributed by atoms with Gasteiger partial charge in [0.1, 0.15) is 11.3 Å². The summed E-state index contributed by atoms with van der Waals surface area (Å²) in [6.07, 6.45) is 4.63. The molecule has 0 aliphatic heterocycles. The number of hydrogen-bond donors (Lipinski definition) is 1. The van der Waals surface area contributed by atoms with Crippen molar-refractivity contribution in [2.24, 2.45) is 5.92 Å². The summed E-state index contributed by atoms with van der Waals surface area (Å²) in [5, 5.41) is 9.07. The van der Waals surface area contributed by atoms with Crippen molar-refractivity contribution < 1.29 is 14.6 Å². The van der Waals surface area contributed by atoms with Crippen LogP contribution in [0.5, 0.6) is 5.75 Å². The first-order valence-corrected chi connectivity index (χ1v) is 6.16. The summed E-state index contributed by atoms with van der Waals surface area (Å²) in [5.41, 5.74) is 0.255. The highest BCUT2D eigenvalue weighted by molar-refractivity contribution is 5.90. The fraction of sp³-hybridized carbons (Fsp3) is 0.500. The summed E-state index contributed by atoms with van der Waals surface area (Å²) in [4.78, 5) is 11.0. The first-order chi connectivity index (χ1) is 8.16. The molecule has 1 N–H and O–H groups in total. The first-order valence-electron chi connectivity index (χ1n) is 6.16. The molecule has 2 rings (SSSR count). The predicted octanol–water partition coefficient (Wildman–Crippen LogP) is 3.34. The Balaban J connectivity index is 2.10. The van der Waals surface area contributed by atoms with Gasteiger partial charge in [-0.1, -0.05) is 25.5 Å². The maximum atomic E-state index is 11.0. The Morgan fingerprint density at radius 3 is 2.82 bits per heavy atom. The van der Waals surface area contributed by atoms with Crippen molar-refractivity contribution in [3.05, 3.63) is 29.8 Å². The Kier molecular flexibility index (Phi) is 3.67. The molecule has 17 heavy (non-hydrogen) atoms. The minimum Gasteiger partial charge on any atom is -0.490 e. The zero-order valence-corrected chi connectivity index (χ0v) is 10.1. The van der Waals surface area contributed by atoms with Gasteiger partial charge < -0.3 is 9.84 Å². The third-order valence-corrected chi connectivity index (χ3v) is 3.30. The van der Waals surface area contributed by atoms with Crippen molar-refractivity contribution in [1.29, 1.82) is 0 Å². The number of hydrogen-bond acceptors (Lipinski definition) is 2. The SMILES string of the molecule is CC1CCCC(Oc2ccccc2C(=O)O)C1. The quantitative estimate of drug-likeness (QED) is 0.872. The molecule has 1 fully saturated rings.